The number of nitriles is 1. The van der Waals surface area contributed by atoms with Gasteiger partial charge in [0.05, 0.1) is 17.7 Å². The summed E-state index contributed by atoms with van der Waals surface area (Å²) in [6, 6.07) is 4.83. The molecule has 5 nitrogen and oxygen atoms in total. The second kappa shape index (κ2) is 5.66. The molecular formula is C12H12N2O3. The predicted octanol–water partition coefficient (Wildman–Crippen LogP) is 0.00508. The Morgan fingerprint density at radius 2 is 2.29 bits per heavy atom. The van der Waals surface area contributed by atoms with Gasteiger partial charge in [-0.15, -0.1) is 0 Å². The molecule has 0 unspecified atom stereocenters. The number of hydrogen-bond donors (Lipinski definition) is 1. The van der Waals surface area contributed by atoms with Gasteiger partial charge in [0.1, 0.15) is 6.07 Å². The van der Waals surface area contributed by atoms with Crippen molar-refractivity contribution in [2.45, 2.75) is 13.8 Å². The maximum Gasteiger partial charge on any atom is 0.351 e. The SMILES string of the molecule is CCOC(=O)/C(C#N)=c1/cc/c(=C(\C)O)cn1. The number of aliphatic hydroxyl groups excluding tert-OH is 1. The molecule has 0 aromatic carbocycles. The highest BCUT2D eigenvalue weighted by Crippen LogP contribution is 1.94. The molecule has 0 saturated carbocycles. The van der Waals surface area contributed by atoms with Gasteiger partial charge in [-0.25, -0.2) is 4.79 Å². The molecule has 0 atom stereocenters. The van der Waals surface area contributed by atoms with Crippen LogP contribution in [0.15, 0.2) is 18.3 Å². The number of carbonyl (C=O) groups is 1. The van der Waals surface area contributed by atoms with Gasteiger partial charge >= 0.3 is 5.97 Å². The lowest BCUT2D eigenvalue weighted by Crippen LogP contribution is -2.21. The van der Waals surface area contributed by atoms with E-state index in [0.717, 1.165) is 0 Å². The van der Waals surface area contributed by atoms with Gasteiger partial charge in [-0.3, -0.25) is 4.98 Å². The molecule has 1 aromatic rings. The van der Waals surface area contributed by atoms with Crippen LogP contribution in [0, 0.1) is 11.3 Å². The van der Waals surface area contributed by atoms with Crippen molar-refractivity contribution < 1.29 is 14.6 Å². The topological polar surface area (TPSA) is 83.2 Å². The van der Waals surface area contributed by atoms with E-state index >= 15 is 0 Å². The van der Waals surface area contributed by atoms with Crippen molar-refractivity contribution in [3.63, 3.8) is 0 Å². The van der Waals surface area contributed by atoms with Crippen LogP contribution in [0.2, 0.25) is 0 Å². The Bertz CT molecular complexity index is 557. The Kier molecular flexibility index (Phi) is 4.23. The van der Waals surface area contributed by atoms with E-state index in [0.29, 0.717) is 5.22 Å². The zero-order valence-electron chi connectivity index (χ0n) is 9.60. The third-order valence-electron chi connectivity index (χ3n) is 2.03. The summed E-state index contributed by atoms with van der Waals surface area (Å²) in [5.74, 6) is -0.571. The van der Waals surface area contributed by atoms with Gasteiger partial charge in [-0.1, -0.05) is 0 Å². The van der Waals surface area contributed by atoms with Crippen molar-refractivity contribution in [1.29, 1.82) is 5.26 Å². The summed E-state index contributed by atoms with van der Waals surface area (Å²) in [7, 11) is 0. The van der Waals surface area contributed by atoms with Crippen LogP contribution >= 0.6 is 0 Å². The van der Waals surface area contributed by atoms with Gasteiger partial charge in [-0.05, 0) is 26.0 Å². The van der Waals surface area contributed by atoms with E-state index in [1.165, 1.54) is 19.2 Å². The van der Waals surface area contributed by atoms with Crippen LogP contribution < -0.4 is 10.6 Å². The minimum Gasteiger partial charge on any atom is -0.512 e. The highest BCUT2D eigenvalue weighted by molar-refractivity contribution is 6.15. The number of carbonyl (C=O) groups excluding carboxylic acids is 1. The monoisotopic (exact) mass is 232 g/mol. The lowest BCUT2D eigenvalue weighted by Gasteiger charge is -1.98. The normalized spacial score (nSPS) is 13.5. The fourth-order valence-corrected chi connectivity index (χ4v) is 1.17. The van der Waals surface area contributed by atoms with Crippen LogP contribution in [0.25, 0.3) is 11.3 Å². The van der Waals surface area contributed by atoms with Crippen molar-refractivity contribution in [1.82, 2.24) is 4.98 Å². The smallest absolute Gasteiger partial charge is 0.351 e. The number of esters is 1. The number of pyridine rings is 1. The molecule has 1 N–H and O–H groups in total. The van der Waals surface area contributed by atoms with Crippen LogP contribution in [0.3, 0.4) is 0 Å². The van der Waals surface area contributed by atoms with E-state index in [-0.39, 0.29) is 23.3 Å². The van der Waals surface area contributed by atoms with E-state index in [1.54, 1.807) is 19.1 Å². The summed E-state index contributed by atoms with van der Waals surface area (Å²) in [4.78, 5) is 15.4. The number of hydrogen-bond acceptors (Lipinski definition) is 5. The quantitative estimate of drug-likeness (QED) is 0.726. The summed E-state index contributed by atoms with van der Waals surface area (Å²) >= 11 is 0. The largest absolute Gasteiger partial charge is 0.512 e. The van der Waals surface area contributed by atoms with Crippen molar-refractivity contribution in [3.05, 3.63) is 28.9 Å². The van der Waals surface area contributed by atoms with Crippen LogP contribution in [-0.4, -0.2) is 22.7 Å². The molecule has 0 aliphatic heterocycles. The van der Waals surface area contributed by atoms with Gasteiger partial charge in [0.25, 0.3) is 0 Å². The summed E-state index contributed by atoms with van der Waals surface area (Å²) in [5, 5.41) is 18.9. The standard InChI is InChI=1S/C12H12N2O3/c1-3-17-12(16)10(6-13)11-5-4-9(7-14-11)8(2)15/h4-5,7,15H,3H2,1-2H3/b9-8-,11-10-. The molecule has 0 spiro atoms. The number of aromatic nitrogens is 1. The van der Waals surface area contributed by atoms with Gasteiger partial charge < -0.3 is 9.84 Å². The van der Waals surface area contributed by atoms with E-state index < -0.39 is 5.97 Å². The number of rotatable bonds is 2. The van der Waals surface area contributed by atoms with Crippen molar-refractivity contribution in [2.24, 2.45) is 0 Å². The highest BCUT2D eigenvalue weighted by atomic mass is 16.5. The predicted molar refractivity (Wildman–Crippen MR) is 60.9 cm³/mol. The molecule has 88 valence electrons. The molecule has 1 rings (SSSR count). The maximum absolute atomic E-state index is 11.4. The Labute approximate surface area is 98.3 Å². The average molecular weight is 232 g/mol. The molecule has 0 radical (unpaired) electrons. The highest BCUT2D eigenvalue weighted by Gasteiger charge is 2.11. The zero-order chi connectivity index (χ0) is 12.8. The van der Waals surface area contributed by atoms with Crippen LogP contribution in [0.5, 0.6) is 0 Å². The fourth-order valence-electron chi connectivity index (χ4n) is 1.17. The molecule has 0 saturated heterocycles. The van der Waals surface area contributed by atoms with Crippen LogP contribution in [0.1, 0.15) is 13.8 Å². The Balaban J connectivity index is 3.34. The van der Waals surface area contributed by atoms with E-state index in [2.05, 4.69) is 4.98 Å². The lowest BCUT2D eigenvalue weighted by atomic mass is 10.2. The first-order valence-corrected chi connectivity index (χ1v) is 5.03. The number of nitrogens with zero attached hydrogens (tertiary/aromatic N) is 2. The van der Waals surface area contributed by atoms with E-state index in [4.69, 9.17) is 10.00 Å². The molecule has 0 amide bonds. The van der Waals surface area contributed by atoms with Gasteiger partial charge in [0, 0.05) is 11.4 Å². The molecule has 0 bridgehead atoms. The van der Waals surface area contributed by atoms with Gasteiger partial charge in [-0.2, -0.15) is 5.26 Å². The molecule has 1 aromatic heterocycles. The molecule has 0 fully saturated rings. The second-order valence-corrected chi connectivity index (χ2v) is 3.22. The Morgan fingerprint density at radius 1 is 1.59 bits per heavy atom. The van der Waals surface area contributed by atoms with Crippen molar-refractivity contribution in [3.8, 4) is 6.07 Å². The summed E-state index contributed by atoms with van der Waals surface area (Å²) in [6.07, 6.45) is 1.39. The Morgan fingerprint density at radius 3 is 2.71 bits per heavy atom. The second-order valence-electron chi connectivity index (χ2n) is 3.22. The Hall–Kier alpha value is -2.35. The third kappa shape index (κ3) is 3.05. The zero-order valence-corrected chi connectivity index (χ0v) is 9.60. The number of ether oxygens (including phenoxy) is 1. The van der Waals surface area contributed by atoms with Crippen LogP contribution in [0.4, 0.5) is 0 Å². The van der Waals surface area contributed by atoms with Gasteiger partial charge in [0.15, 0.2) is 5.57 Å². The molecular weight excluding hydrogens is 220 g/mol. The maximum atomic E-state index is 11.4. The lowest BCUT2D eigenvalue weighted by molar-refractivity contribution is -0.136. The summed E-state index contributed by atoms with van der Waals surface area (Å²) in [5.41, 5.74) is -0.144. The third-order valence-corrected chi connectivity index (χ3v) is 2.03. The van der Waals surface area contributed by atoms with Gasteiger partial charge in [0.2, 0.25) is 0 Å². The van der Waals surface area contributed by atoms with Crippen molar-refractivity contribution >= 4 is 17.3 Å². The van der Waals surface area contributed by atoms with Crippen LogP contribution in [-0.2, 0) is 9.53 Å². The minimum atomic E-state index is -0.694. The molecule has 17 heavy (non-hydrogen) atoms. The first-order chi connectivity index (χ1) is 8.10. The average Bonchev–Trinajstić information content (AvgIpc) is 2.31. The summed E-state index contributed by atoms with van der Waals surface area (Å²) in [6.45, 7) is 3.38. The van der Waals surface area contributed by atoms with E-state index in [1.807, 2.05) is 0 Å². The fraction of sp³-hybridized carbons (Fsp3) is 0.250. The molecule has 1 heterocycles. The molecule has 0 aliphatic rings. The van der Waals surface area contributed by atoms with Crippen molar-refractivity contribution in [2.75, 3.05) is 6.61 Å². The first kappa shape index (κ1) is 12.7. The first-order valence-electron chi connectivity index (χ1n) is 5.03. The molecule has 5 heteroatoms. The minimum absolute atomic E-state index is 0.124. The summed E-state index contributed by atoms with van der Waals surface area (Å²) < 4.78 is 4.73. The molecule has 0 aliphatic carbocycles. The number of aliphatic hydroxyl groups is 1. The van der Waals surface area contributed by atoms with E-state index in [9.17, 15) is 9.90 Å².